The maximum absolute atomic E-state index is 6.80. The van der Waals surface area contributed by atoms with Crippen molar-refractivity contribution in [2.45, 2.75) is 19.8 Å². The van der Waals surface area contributed by atoms with Crippen molar-refractivity contribution in [2.75, 3.05) is 4.90 Å². The van der Waals surface area contributed by atoms with Gasteiger partial charge in [0.15, 0.2) is 5.58 Å². The molecule has 2 aromatic heterocycles. The molecule has 2 nitrogen and oxygen atoms in total. The number of furan rings is 1. The van der Waals surface area contributed by atoms with Gasteiger partial charge in [-0.05, 0) is 137 Å². The minimum Gasteiger partial charge on any atom is -0.454 e. The summed E-state index contributed by atoms with van der Waals surface area (Å²) < 4.78 is 9.41. The Morgan fingerprint density at radius 2 is 0.939 bits per heavy atom. The molecule has 66 heavy (non-hydrogen) atoms. The van der Waals surface area contributed by atoms with Crippen molar-refractivity contribution in [3.8, 4) is 11.1 Å². The molecule has 14 rings (SSSR count). The fraction of sp³-hybridized carbons (Fsp3) is 0.0476. The van der Waals surface area contributed by atoms with Crippen LogP contribution in [0.1, 0.15) is 25.3 Å². The van der Waals surface area contributed by atoms with Gasteiger partial charge in [0.25, 0.3) is 0 Å². The van der Waals surface area contributed by atoms with Crippen LogP contribution < -0.4 is 4.90 Å². The lowest BCUT2D eigenvalue weighted by atomic mass is 9.89. The summed E-state index contributed by atoms with van der Waals surface area (Å²) in [5.74, 6) is 0.420. The van der Waals surface area contributed by atoms with E-state index in [4.69, 9.17) is 4.42 Å². The number of hydrogen-bond donors (Lipinski definition) is 0. The largest absolute Gasteiger partial charge is 0.454 e. The van der Waals surface area contributed by atoms with Gasteiger partial charge in [0.2, 0.25) is 0 Å². The molecule has 0 N–H and O–H groups in total. The van der Waals surface area contributed by atoms with E-state index in [1.165, 1.54) is 101 Å². The average Bonchev–Trinajstić information content (AvgIpc) is 3.93. The van der Waals surface area contributed by atoms with Crippen molar-refractivity contribution in [3.05, 3.63) is 212 Å². The zero-order valence-electron chi connectivity index (χ0n) is 36.5. The lowest BCUT2D eigenvalue weighted by Gasteiger charge is -2.29. The molecular formula is C63H41NOS. The highest BCUT2D eigenvalue weighted by Crippen LogP contribution is 2.51. The van der Waals surface area contributed by atoms with Gasteiger partial charge >= 0.3 is 0 Å². The molecule has 12 aromatic carbocycles. The van der Waals surface area contributed by atoms with Crippen molar-refractivity contribution in [1.29, 1.82) is 0 Å². The fourth-order valence-corrected chi connectivity index (χ4v) is 12.1. The SMILES string of the molecule is CC(C)c1ccc(N(c2c3ccccc3c(-c3ccc4sc5cc6c7ccccc7c7cc8ccccc8cc7c6cc5c4c3)c3ccccc23)c2cccc3c2oc2ccccc23)cc1. The predicted molar refractivity (Wildman–Crippen MR) is 286 cm³/mol. The Bertz CT molecular complexity index is 4270. The van der Waals surface area contributed by atoms with Crippen LogP contribution >= 0.6 is 11.3 Å². The van der Waals surface area contributed by atoms with Crippen LogP contribution in [0.5, 0.6) is 0 Å². The number of nitrogens with zero attached hydrogens (tertiary/aromatic N) is 1. The second kappa shape index (κ2) is 14.3. The standard InChI is InChI=1S/C63H41NOS/c1-37(2)38-26-29-42(30-27-38)64(57-24-13-23-50-45-18-11-12-25-58(45)65-63(50)57)62-48-21-9-7-19-46(48)61(47-20-8-10-22-49(47)62)41-28-31-59-55(34-41)56-35-53-52-33-40-15-4-3-14-39(40)32-51(52)43-16-5-6-17-44(43)54(53)36-60(56)66-59/h3-37H,1-2H3. The number of fused-ring (bicyclic) bond motifs is 15. The minimum atomic E-state index is 0.420. The molecule has 0 amide bonds. The molecule has 0 saturated carbocycles. The summed E-state index contributed by atoms with van der Waals surface area (Å²) in [6.07, 6.45) is 0. The maximum atomic E-state index is 6.80. The van der Waals surface area contributed by atoms with E-state index in [-0.39, 0.29) is 0 Å². The normalized spacial score (nSPS) is 12.2. The van der Waals surface area contributed by atoms with Gasteiger partial charge in [-0.2, -0.15) is 0 Å². The molecule has 0 unspecified atom stereocenters. The molecule has 0 radical (unpaired) electrons. The lowest BCUT2D eigenvalue weighted by molar-refractivity contribution is 0.669. The minimum absolute atomic E-state index is 0.420. The van der Waals surface area contributed by atoms with Crippen molar-refractivity contribution in [1.82, 2.24) is 0 Å². The van der Waals surface area contributed by atoms with Gasteiger partial charge in [0.05, 0.1) is 11.4 Å². The topological polar surface area (TPSA) is 16.4 Å². The van der Waals surface area contributed by atoms with Crippen molar-refractivity contribution >= 4 is 135 Å². The van der Waals surface area contributed by atoms with E-state index >= 15 is 0 Å². The molecule has 0 atom stereocenters. The lowest BCUT2D eigenvalue weighted by Crippen LogP contribution is -2.12. The summed E-state index contributed by atoms with van der Waals surface area (Å²) in [7, 11) is 0. The quantitative estimate of drug-likeness (QED) is 0.127. The molecular weight excluding hydrogens is 819 g/mol. The number of hydrogen-bond acceptors (Lipinski definition) is 3. The Hall–Kier alpha value is -7.98. The van der Waals surface area contributed by atoms with Crippen LogP contribution in [0, 0.1) is 0 Å². The van der Waals surface area contributed by atoms with Crippen molar-refractivity contribution < 1.29 is 4.42 Å². The monoisotopic (exact) mass is 859 g/mol. The summed E-state index contributed by atoms with van der Waals surface area (Å²) in [6.45, 7) is 4.51. The van der Waals surface area contributed by atoms with Crippen LogP contribution in [0.25, 0.3) is 118 Å². The van der Waals surface area contributed by atoms with Gasteiger partial charge in [-0.1, -0.05) is 159 Å². The van der Waals surface area contributed by atoms with E-state index in [9.17, 15) is 0 Å². The van der Waals surface area contributed by atoms with Crippen LogP contribution in [-0.2, 0) is 0 Å². The molecule has 0 bridgehead atoms. The van der Waals surface area contributed by atoms with Crippen molar-refractivity contribution in [2.24, 2.45) is 0 Å². The van der Waals surface area contributed by atoms with Crippen LogP contribution in [0.3, 0.4) is 0 Å². The molecule has 0 saturated heterocycles. The first kappa shape index (κ1) is 37.4. The third kappa shape index (κ3) is 5.47. The molecule has 0 spiro atoms. The Morgan fingerprint density at radius 1 is 0.394 bits per heavy atom. The summed E-state index contributed by atoms with van der Waals surface area (Å²) in [6, 6.07) is 76.6. The molecule has 0 aliphatic heterocycles. The average molecular weight is 860 g/mol. The van der Waals surface area contributed by atoms with Crippen LogP contribution in [0.2, 0.25) is 0 Å². The Morgan fingerprint density at radius 3 is 1.62 bits per heavy atom. The van der Waals surface area contributed by atoms with E-state index in [1.54, 1.807) is 0 Å². The summed E-state index contributed by atoms with van der Waals surface area (Å²) in [5, 5.41) is 19.9. The Kier molecular flexibility index (Phi) is 8.08. The molecule has 310 valence electrons. The van der Waals surface area contributed by atoms with Crippen molar-refractivity contribution in [3.63, 3.8) is 0 Å². The highest BCUT2D eigenvalue weighted by molar-refractivity contribution is 7.25. The summed E-state index contributed by atoms with van der Waals surface area (Å²) >= 11 is 1.90. The van der Waals surface area contributed by atoms with Gasteiger partial charge in [0, 0.05) is 47.4 Å². The first-order valence-corrected chi connectivity index (χ1v) is 23.7. The van der Waals surface area contributed by atoms with Crippen LogP contribution in [0.15, 0.2) is 211 Å². The zero-order chi connectivity index (χ0) is 43.6. The predicted octanol–water partition coefficient (Wildman–Crippen LogP) is 19.1. The molecule has 0 aliphatic carbocycles. The number of benzene rings is 12. The van der Waals surface area contributed by atoms with E-state index in [2.05, 4.69) is 225 Å². The first-order valence-electron chi connectivity index (χ1n) is 22.9. The van der Waals surface area contributed by atoms with E-state index < -0.39 is 0 Å². The molecule has 2 heterocycles. The van der Waals surface area contributed by atoms with Gasteiger partial charge in [0.1, 0.15) is 5.58 Å². The third-order valence-corrected chi connectivity index (χ3v) is 15.3. The maximum Gasteiger partial charge on any atom is 0.159 e. The van der Waals surface area contributed by atoms with E-state index in [1.807, 2.05) is 11.3 Å². The van der Waals surface area contributed by atoms with Gasteiger partial charge in [-0.3, -0.25) is 0 Å². The molecule has 3 heteroatoms. The van der Waals surface area contributed by atoms with Crippen LogP contribution in [0.4, 0.5) is 17.1 Å². The smallest absolute Gasteiger partial charge is 0.159 e. The number of anilines is 3. The van der Waals surface area contributed by atoms with Gasteiger partial charge < -0.3 is 9.32 Å². The van der Waals surface area contributed by atoms with E-state index in [0.29, 0.717) is 5.92 Å². The molecule has 0 fully saturated rings. The first-order chi connectivity index (χ1) is 32.6. The second-order valence-electron chi connectivity index (χ2n) is 18.1. The summed E-state index contributed by atoms with van der Waals surface area (Å²) in [5.41, 5.74) is 8.76. The molecule has 14 aromatic rings. The van der Waals surface area contributed by atoms with Gasteiger partial charge in [-0.25, -0.2) is 0 Å². The second-order valence-corrected chi connectivity index (χ2v) is 19.2. The highest BCUT2D eigenvalue weighted by atomic mass is 32.1. The zero-order valence-corrected chi connectivity index (χ0v) is 37.3. The third-order valence-electron chi connectivity index (χ3n) is 14.2. The highest BCUT2D eigenvalue weighted by Gasteiger charge is 2.26. The Labute approximate surface area is 385 Å². The number of thiophene rings is 1. The van der Waals surface area contributed by atoms with E-state index in [0.717, 1.165) is 39.0 Å². The Balaban J connectivity index is 1.04. The fourth-order valence-electron chi connectivity index (χ4n) is 11.0. The molecule has 0 aliphatic rings. The number of rotatable bonds is 5. The van der Waals surface area contributed by atoms with Gasteiger partial charge in [-0.15, -0.1) is 11.3 Å². The number of para-hydroxylation sites is 2. The summed E-state index contributed by atoms with van der Waals surface area (Å²) in [4.78, 5) is 2.45. The van der Waals surface area contributed by atoms with Crippen LogP contribution in [-0.4, -0.2) is 0 Å².